The normalized spacial score (nSPS) is 18.5. The van der Waals surface area contributed by atoms with E-state index in [-0.39, 0.29) is 5.69 Å². The predicted octanol–water partition coefficient (Wildman–Crippen LogP) is 0.917. The first kappa shape index (κ1) is 13.0. The zero-order chi connectivity index (χ0) is 13.0. The molecule has 0 bridgehead atoms. The number of hydrogen-bond acceptors (Lipinski definition) is 4. The van der Waals surface area contributed by atoms with Crippen LogP contribution in [-0.4, -0.2) is 59.1 Å². The number of nitrogens with zero attached hydrogens (tertiary/aromatic N) is 3. The van der Waals surface area contributed by atoms with Gasteiger partial charge in [0.25, 0.3) is 0 Å². The SMILES string of the molecule is CN1CCCN(Cc2cccc(C(=O)O)n2)CC1. The Balaban J connectivity index is 2.00. The van der Waals surface area contributed by atoms with Crippen LogP contribution in [0.4, 0.5) is 0 Å². The summed E-state index contributed by atoms with van der Waals surface area (Å²) in [6.07, 6.45) is 1.15. The van der Waals surface area contributed by atoms with Gasteiger partial charge in [0, 0.05) is 19.6 Å². The molecular weight excluding hydrogens is 230 g/mol. The van der Waals surface area contributed by atoms with E-state index in [1.807, 2.05) is 6.07 Å². The molecule has 0 unspecified atom stereocenters. The van der Waals surface area contributed by atoms with Gasteiger partial charge < -0.3 is 10.0 Å². The Bertz CT molecular complexity index is 422. The number of carbonyl (C=O) groups is 1. The predicted molar refractivity (Wildman–Crippen MR) is 68.6 cm³/mol. The van der Waals surface area contributed by atoms with Crippen molar-refractivity contribution in [2.24, 2.45) is 0 Å². The van der Waals surface area contributed by atoms with E-state index in [4.69, 9.17) is 5.11 Å². The van der Waals surface area contributed by atoms with E-state index in [2.05, 4.69) is 21.8 Å². The van der Waals surface area contributed by atoms with E-state index in [1.165, 1.54) is 6.07 Å². The number of carboxylic acid groups (broad SMARTS) is 1. The number of likely N-dealkylation sites (N-methyl/N-ethyl adjacent to an activating group) is 1. The summed E-state index contributed by atoms with van der Waals surface area (Å²) in [5.41, 5.74) is 0.957. The van der Waals surface area contributed by atoms with Crippen LogP contribution in [0.5, 0.6) is 0 Å². The van der Waals surface area contributed by atoms with Crippen molar-refractivity contribution in [3.8, 4) is 0 Å². The Kier molecular flexibility index (Phi) is 4.28. The average molecular weight is 249 g/mol. The Morgan fingerprint density at radius 3 is 2.94 bits per heavy atom. The smallest absolute Gasteiger partial charge is 0.354 e. The van der Waals surface area contributed by atoms with Crippen molar-refractivity contribution in [1.82, 2.24) is 14.8 Å². The van der Waals surface area contributed by atoms with E-state index in [0.717, 1.165) is 44.8 Å². The lowest BCUT2D eigenvalue weighted by Crippen LogP contribution is -2.29. The minimum atomic E-state index is -0.965. The van der Waals surface area contributed by atoms with Crippen LogP contribution in [0.3, 0.4) is 0 Å². The van der Waals surface area contributed by atoms with Gasteiger partial charge in [0.15, 0.2) is 0 Å². The maximum atomic E-state index is 10.9. The molecule has 0 radical (unpaired) electrons. The van der Waals surface area contributed by atoms with Crippen LogP contribution in [-0.2, 0) is 6.54 Å². The minimum absolute atomic E-state index is 0.124. The molecule has 0 aliphatic carbocycles. The van der Waals surface area contributed by atoms with Crippen LogP contribution in [0.15, 0.2) is 18.2 Å². The summed E-state index contributed by atoms with van der Waals surface area (Å²) in [4.78, 5) is 19.7. The summed E-state index contributed by atoms with van der Waals surface area (Å²) in [7, 11) is 2.13. The maximum absolute atomic E-state index is 10.9. The summed E-state index contributed by atoms with van der Waals surface area (Å²) in [6.45, 7) is 4.96. The van der Waals surface area contributed by atoms with E-state index in [1.54, 1.807) is 6.07 Å². The van der Waals surface area contributed by atoms with Gasteiger partial charge in [0.05, 0.1) is 5.69 Å². The highest BCUT2D eigenvalue weighted by Crippen LogP contribution is 2.07. The van der Waals surface area contributed by atoms with Gasteiger partial charge in [0.2, 0.25) is 0 Å². The summed E-state index contributed by atoms with van der Waals surface area (Å²) in [5, 5.41) is 8.91. The summed E-state index contributed by atoms with van der Waals surface area (Å²) < 4.78 is 0. The molecule has 5 heteroatoms. The molecule has 18 heavy (non-hydrogen) atoms. The van der Waals surface area contributed by atoms with Crippen molar-refractivity contribution in [2.45, 2.75) is 13.0 Å². The summed E-state index contributed by atoms with van der Waals surface area (Å²) >= 11 is 0. The zero-order valence-electron chi connectivity index (χ0n) is 10.7. The third-order valence-electron chi connectivity index (χ3n) is 3.22. The third-order valence-corrected chi connectivity index (χ3v) is 3.22. The van der Waals surface area contributed by atoms with Crippen LogP contribution in [0.2, 0.25) is 0 Å². The van der Waals surface area contributed by atoms with E-state index in [9.17, 15) is 4.79 Å². The van der Waals surface area contributed by atoms with Gasteiger partial charge in [-0.25, -0.2) is 9.78 Å². The molecule has 2 rings (SSSR count). The lowest BCUT2D eigenvalue weighted by atomic mass is 10.2. The Morgan fingerprint density at radius 1 is 1.33 bits per heavy atom. The van der Waals surface area contributed by atoms with Crippen LogP contribution < -0.4 is 0 Å². The Labute approximate surface area is 107 Å². The van der Waals surface area contributed by atoms with Gasteiger partial charge in [-0.2, -0.15) is 0 Å². The van der Waals surface area contributed by atoms with Gasteiger partial charge in [0.1, 0.15) is 5.69 Å². The number of rotatable bonds is 3. The van der Waals surface area contributed by atoms with Crippen molar-refractivity contribution in [3.05, 3.63) is 29.6 Å². The Hall–Kier alpha value is -1.46. The molecule has 0 atom stereocenters. The zero-order valence-corrected chi connectivity index (χ0v) is 10.7. The monoisotopic (exact) mass is 249 g/mol. The number of aromatic carboxylic acids is 1. The third kappa shape index (κ3) is 3.51. The molecule has 98 valence electrons. The van der Waals surface area contributed by atoms with Crippen LogP contribution >= 0.6 is 0 Å². The highest BCUT2D eigenvalue weighted by molar-refractivity contribution is 5.85. The highest BCUT2D eigenvalue weighted by atomic mass is 16.4. The van der Waals surface area contributed by atoms with Gasteiger partial charge in [-0.05, 0) is 38.7 Å². The van der Waals surface area contributed by atoms with Gasteiger partial charge in [-0.15, -0.1) is 0 Å². The molecule has 1 fully saturated rings. The second kappa shape index (κ2) is 5.93. The van der Waals surface area contributed by atoms with E-state index >= 15 is 0 Å². The topological polar surface area (TPSA) is 56.7 Å². The maximum Gasteiger partial charge on any atom is 0.354 e. The fraction of sp³-hybridized carbons (Fsp3) is 0.538. The second-order valence-electron chi connectivity index (χ2n) is 4.75. The Morgan fingerprint density at radius 2 is 2.17 bits per heavy atom. The lowest BCUT2D eigenvalue weighted by Gasteiger charge is -2.19. The molecule has 2 heterocycles. The molecule has 1 aliphatic heterocycles. The van der Waals surface area contributed by atoms with Crippen molar-refractivity contribution < 1.29 is 9.90 Å². The molecule has 5 nitrogen and oxygen atoms in total. The van der Waals surface area contributed by atoms with Crippen molar-refractivity contribution in [3.63, 3.8) is 0 Å². The average Bonchev–Trinajstić information content (AvgIpc) is 2.55. The molecule has 1 saturated heterocycles. The van der Waals surface area contributed by atoms with Crippen molar-refractivity contribution >= 4 is 5.97 Å². The molecule has 1 N–H and O–H groups in total. The second-order valence-corrected chi connectivity index (χ2v) is 4.75. The van der Waals surface area contributed by atoms with Crippen LogP contribution in [0, 0.1) is 0 Å². The molecule has 1 aliphatic rings. The van der Waals surface area contributed by atoms with Gasteiger partial charge in [-0.3, -0.25) is 4.90 Å². The number of carboxylic acids is 1. The first-order chi connectivity index (χ1) is 8.65. The standard InChI is InChI=1S/C13H19N3O2/c1-15-6-3-7-16(9-8-15)10-11-4-2-5-12(14-11)13(17)18/h2,4-5H,3,6-10H2,1H3,(H,17,18). The first-order valence-corrected chi connectivity index (χ1v) is 6.25. The molecule has 1 aromatic rings. The molecule has 0 amide bonds. The van der Waals surface area contributed by atoms with Crippen molar-refractivity contribution in [2.75, 3.05) is 33.2 Å². The van der Waals surface area contributed by atoms with Crippen LogP contribution in [0.1, 0.15) is 22.6 Å². The molecule has 0 saturated carbocycles. The molecule has 1 aromatic heterocycles. The first-order valence-electron chi connectivity index (χ1n) is 6.25. The molecular formula is C13H19N3O2. The van der Waals surface area contributed by atoms with Gasteiger partial charge >= 0.3 is 5.97 Å². The lowest BCUT2D eigenvalue weighted by molar-refractivity contribution is 0.0690. The number of hydrogen-bond donors (Lipinski definition) is 1. The van der Waals surface area contributed by atoms with E-state index < -0.39 is 5.97 Å². The summed E-state index contributed by atoms with van der Waals surface area (Å²) in [6, 6.07) is 5.18. The number of pyridine rings is 1. The quantitative estimate of drug-likeness (QED) is 0.863. The summed E-state index contributed by atoms with van der Waals surface area (Å²) in [5.74, 6) is -0.965. The fourth-order valence-corrected chi connectivity index (χ4v) is 2.17. The minimum Gasteiger partial charge on any atom is -0.477 e. The molecule has 0 spiro atoms. The fourth-order valence-electron chi connectivity index (χ4n) is 2.17. The van der Waals surface area contributed by atoms with Crippen molar-refractivity contribution in [1.29, 1.82) is 0 Å². The highest BCUT2D eigenvalue weighted by Gasteiger charge is 2.13. The largest absolute Gasteiger partial charge is 0.477 e. The molecule has 0 aromatic carbocycles. The van der Waals surface area contributed by atoms with E-state index in [0.29, 0.717) is 0 Å². The van der Waals surface area contributed by atoms with Gasteiger partial charge in [-0.1, -0.05) is 6.07 Å². The van der Waals surface area contributed by atoms with Crippen LogP contribution in [0.25, 0.3) is 0 Å². The number of aromatic nitrogens is 1.